The molecule has 2 heterocycles. The Bertz CT molecular complexity index is 456. The third-order valence-electron chi connectivity index (χ3n) is 5.98. The lowest BCUT2D eigenvalue weighted by molar-refractivity contribution is -0.127. The van der Waals surface area contributed by atoms with Gasteiger partial charge < -0.3 is 20.9 Å². The second-order valence-electron chi connectivity index (χ2n) is 7.66. The minimum absolute atomic E-state index is 0. The van der Waals surface area contributed by atoms with Crippen molar-refractivity contribution in [2.24, 2.45) is 17.6 Å². The Morgan fingerprint density at radius 3 is 2.32 bits per heavy atom. The molecule has 0 aromatic heterocycles. The Balaban J connectivity index is 0.00000225. The molecular formula is C18H33ClN4O2. The van der Waals surface area contributed by atoms with E-state index in [-0.39, 0.29) is 36.3 Å². The van der Waals surface area contributed by atoms with Gasteiger partial charge in [-0.25, -0.2) is 4.79 Å². The molecule has 7 heteroatoms. The van der Waals surface area contributed by atoms with E-state index >= 15 is 0 Å². The number of hydrogen-bond acceptors (Lipinski definition) is 3. The summed E-state index contributed by atoms with van der Waals surface area (Å²) in [5, 5.41) is 3.25. The topological polar surface area (TPSA) is 78.7 Å². The van der Waals surface area contributed by atoms with E-state index in [9.17, 15) is 9.59 Å². The molecule has 3 fully saturated rings. The monoisotopic (exact) mass is 372 g/mol. The van der Waals surface area contributed by atoms with Crippen LogP contribution in [0.4, 0.5) is 4.79 Å². The van der Waals surface area contributed by atoms with Crippen LogP contribution in [-0.4, -0.2) is 60.5 Å². The molecule has 3 N–H and O–H groups in total. The Morgan fingerprint density at radius 1 is 0.920 bits per heavy atom. The second kappa shape index (κ2) is 9.62. The summed E-state index contributed by atoms with van der Waals surface area (Å²) >= 11 is 0. The van der Waals surface area contributed by atoms with E-state index in [0.717, 1.165) is 58.2 Å². The van der Waals surface area contributed by atoms with Crippen molar-refractivity contribution in [3.63, 3.8) is 0 Å². The van der Waals surface area contributed by atoms with Crippen molar-refractivity contribution in [1.29, 1.82) is 0 Å². The fraction of sp³-hybridized carbons (Fsp3) is 0.889. The molecule has 3 amide bonds. The Labute approximate surface area is 157 Å². The SMILES string of the molecule is Cl.NCC1CCCCC1NC(=O)C1CCCN(C(=O)N2CCCC2)C1. The van der Waals surface area contributed by atoms with E-state index in [1.165, 1.54) is 12.8 Å². The maximum atomic E-state index is 12.7. The van der Waals surface area contributed by atoms with Crippen LogP contribution in [0.3, 0.4) is 0 Å². The van der Waals surface area contributed by atoms with Crippen molar-refractivity contribution in [3.05, 3.63) is 0 Å². The maximum absolute atomic E-state index is 12.7. The van der Waals surface area contributed by atoms with E-state index in [4.69, 9.17) is 5.73 Å². The summed E-state index contributed by atoms with van der Waals surface area (Å²) in [6, 6.07) is 0.350. The van der Waals surface area contributed by atoms with Gasteiger partial charge >= 0.3 is 6.03 Å². The molecule has 0 spiro atoms. The average Bonchev–Trinajstić information content (AvgIpc) is 3.16. The smallest absolute Gasteiger partial charge is 0.320 e. The summed E-state index contributed by atoms with van der Waals surface area (Å²) in [5.41, 5.74) is 5.87. The van der Waals surface area contributed by atoms with Crippen molar-refractivity contribution < 1.29 is 9.59 Å². The fourth-order valence-corrected chi connectivity index (χ4v) is 4.45. The van der Waals surface area contributed by atoms with Crippen LogP contribution in [0.2, 0.25) is 0 Å². The molecule has 2 saturated heterocycles. The molecular weight excluding hydrogens is 340 g/mol. The molecule has 2 aliphatic heterocycles. The number of halogens is 1. The molecule has 1 saturated carbocycles. The number of carbonyl (C=O) groups is 2. The number of hydrogen-bond donors (Lipinski definition) is 2. The number of likely N-dealkylation sites (tertiary alicyclic amines) is 2. The first-order valence-corrected chi connectivity index (χ1v) is 9.73. The largest absolute Gasteiger partial charge is 0.353 e. The normalized spacial score (nSPS) is 29.9. The molecule has 1 aliphatic carbocycles. The first-order chi connectivity index (χ1) is 11.7. The lowest BCUT2D eigenvalue weighted by Crippen LogP contribution is -2.52. The highest BCUT2D eigenvalue weighted by Crippen LogP contribution is 2.25. The Kier molecular flexibility index (Phi) is 7.81. The summed E-state index contributed by atoms with van der Waals surface area (Å²) in [4.78, 5) is 29.1. The summed E-state index contributed by atoms with van der Waals surface area (Å²) in [6.07, 6.45) is 8.56. The summed E-state index contributed by atoms with van der Waals surface area (Å²) in [5.74, 6) is 0.471. The summed E-state index contributed by atoms with van der Waals surface area (Å²) in [7, 11) is 0. The van der Waals surface area contributed by atoms with Gasteiger partial charge in [0.25, 0.3) is 0 Å². The third kappa shape index (κ3) is 5.00. The van der Waals surface area contributed by atoms with Crippen LogP contribution < -0.4 is 11.1 Å². The van der Waals surface area contributed by atoms with Crippen molar-refractivity contribution >= 4 is 24.3 Å². The molecule has 6 nitrogen and oxygen atoms in total. The molecule has 3 atom stereocenters. The number of carbonyl (C=O) groups excluding carboxylic acids is 2. The summed E-state index contributed by atoms with van der Waals surface area (Å²) < 4.78 is 0. The predicted molar refractivity (Wildman–Crippen MR) is 101 cm³/mol. The van der Waals surface area contributed by atoms with Gasteiger partial charge in [-0.05, 0) is 51.0 Å². The number of rotatable bonds is 3. The van der Waals surface area contributed by atoms with Crippen molar-refractivity contribution in [1.82, 2.24) is 15.1 Å². The van der Waals surface area contributed by atoms with E-state index in [1.807, 2.05) is 9.80 Å². The minimum Gasteiger partial charge on any atom is -0.353 e. The van der Waals surface area contributed by atoms with Gasteiger partial charge in [0.05, 0.1) is 5.92 Å². The van der Waals surface area contributed by atoms with Gasteiger partial charge in [-0.15, -0.1) is 12.4 Å². The van der Waals surface area contributed by atoms with Gasteiger partial charge in [-0.1, -0.05) is 12.8 Å². The van der Waals surface area contributed by atoms with Crippen molar-refractivity contribution in [2.45, 2.75) is 57.4 Å². The highest BCUT2D eigenvalue weighted by atomic mass is 35.5. The van der Waals surface area contributed by atoms with Gasteiger partial charge in [-0.3, -0.25) is 4.79 Å². The van der Waals surface area contributed by atoms with Gasteiger partial charge in [0.1, 0.15) is 0 Å². The lowest BCUT2D eigenvalue weighted by atomic mass is 9.84. The van der Waals surface area contributed by atoms with E-state index in [1.54, 1.807) is 0 Å². The van der Waals surface area contributed by atoms with E-state index in [0.29, 0.717) is 19.0 Å². The number of nitrogens with zero attached hydrogens (tertiary/aromatic N) is 2. The van der Waals surface area contributed by atoms with Gasteiger partial charge in [0.2, 0.25) is 5.91 Å². The number of nitrogens with two attached hydrogens (primary N) is 1. The molecule has 3 rings (SSSR count). The second-order valence-corrected chi connectivity index (χ2v) is 7.66. The van der Waals surface area contributed by atoms with E-state index < -0.39 is 0 Å². The first-order valence-electron chi connectivity index (χ1n) is 9.73. The van der Waals surface area contributed by atoms with Gasteiger partial charge in [0, 0.05) is 32.2 Å². The molecule has 0 bridgehead atoms. The van der Waals surface area contributed by atoms with Gasteiger partial charge in [-0.2, -0.15) is 0 Å². The zero-order valence-corrected chi connectivity index (χ0v) is 15.9. The molecule has 3 aliphatic rings. The minimum atomic E-state index is -0.0642. The maximum Gasteiger partial charge on any atom is 0.320 e. The highest BCUT2D eigenvalue weighted by Gasteiger charge is 2.33. The lowest BCUT2D eigenvalue weighted by Gasteiger charge is -2.37. The molecule has 144 valence electrons. The molecule has 25 heavy (non-hydrogen) atoms. The molecule has 3 unspecified atom stereocenters. The molecule has 0 aromatic carbocycles. The zero-order chi connectivity index (χ0) is 16.9. The van der Waals surface area contributed by atoms with Crippen molar-refractivity contribution in [3.8, 4) is 0 Å². The van der Waals surface area contributed by atoms with Crippen LogP contribution in [-0.2, 0) is 4.79 Å². The fourth-order valence-electron chi connectivity index (χ4n) is 4.45. The molecule has 0 aromatic rings. The van der Waals surface area contributed by atoms with Crippen LogP contribution in [0.5, 0.6) is 0 Å². The van der Waals surface area contributed by atoms with Crippen LogP contribution in [0.1, 0.15) is 51.4 Å². The standard InChI is InChI=1S/C18H32N4O2.ClH/c19-12-14-6-1-2-8-16(14)20-17(23)15-7-5-11-22(13-15)18(24)21-9-3-4-10-21;/h14-16H,1-13,19H2,(H,20,23);1H. The Morgan fingerprint density at radius 2 is 1.60 bits per heavy atom. The van der Waals surface area contributed by atoms with E-state index in [2.05, 4.69) is 5.32 Å². The number of urea groups is 1. The first kappa shape index (κ1) is 20.3. The molecule has 0 radical (unpaired) electrons. The quantitative estimate of drug-likeness (QED) is 0.794. The number of amides is 3. The van der Waals surface area contributed by atoms with Crippen LogP contribution in [0.15, 0.2) is 0 Å². The zero-order valence-electron chi connectivity index (χ0n) is 15.1. The van der Waals surface area contributed by atoms with Crippen LogP contribution in [0.25, 0.3) is 0 Å². The third-order valence-corrected chi connectivity index (χ3v) is 5.98. The summed E-state index contributed by atoms with van der Waals surface area (Å²) in [6.45, 7) is 3.74. The predicted octanol–water partition coefficient (Wildman–Crippen LogP) is 1.97. The highest BCUT2D eigenvalue weighted by molar-refractivity contribution is 5.85. The van der Waals surface area contributed by atoms with Crippen LogP contribution >= 0.6 is 12.4 Å². The number of nitrogens with one attached hydrogen (secondary N) is 1. The Hall–Kier alpha value is -1.01. The van der Waals surface area contributed by atoms with Crippen LogP contribution in [0, 0.1) is 11.8 Å². The van der Waals surface area contributed by atoms with Crippen molar-refractivity contribution in [2.75, 3.05) is 32.7 Å². The number of piperidine rings is 1. The average molecular weight is 373 g/mol. The van der Waals surface area contributed by atoms with Gasteiger partial charge in [0.15, 0.2) is 0 Å².